The lowest BCUT2D eigenvalue weighted by Crippen LogP contribution is -2.44. The van der Waals surface area contributed by atoms with Crippen molar-refractivity contribution in [2.75, 3.05) is 18.1 Å². The van der Waals surface area contributed by atoms with Crippen molar-refractivity contribution in [3.8, 4) is 0 Å². The van der Waals surface area contributed by atoms with E-state index in [4.69, 9.17) is 4.74 Å². The third-order valence-electron chi connectivity index (χ3n) is 4.22. The van der Waals surface area contributed by atoms with Gasteiger partial charge in [0.1, 0.15) is 6.10 Å². The molecule has 4 unspecified atom stereocenters. The number of hydrogen-bond donors (Lipinski definition) is 0. The highest BCUT2D eigenvalue weighted by Gasteiger charge is 2.40. The van der Waals surface area contributed by atoms with Gasteiger partial charge in [-0.1, -0.05) is 13.3 Å². The topological polar surface area (TPSA) is 46.6 Å². The molecule has 2 saturated heterocycles. The van der Waals surface area contributed by atoms with Crippen LogP contribution in [0.5, 0.6) is 0 Å². The van der Waals surface area contributed by atoms with E-state index in [9.17, 15) is 9.59 Å². The molecular weight excluding hydrogens is 350 g/mol. The third kappa shape index (κ3) is 5.49. The van der Waals surface area contributed by atoms with E-state index >= 15 is 0 Å². The zero-order valence-electron chi connectivity index (χ0n) is 14.2. The van der Waals surface area contributed by atoms with Crippen molar-refractivity contribution in [2.24, 2.45) is 5.92 Å². The molecule has 2 rings (SSSR count). The Labute approximate surface area is 152 Å². The van der Waals surface area contributed by atoms with Crippen molar-refractivity contribution in [1.29, 1.82) is 0 Å². The summed E-state index contributed by atoms with van der Waals surface area (Å²) in [5.41, 5.74) is 0. The lowest BCUT2D eigenvalue weighted by atomic mass is 9.97. The second-order valence-electron chi connectivity index (χ2n) is 5.97. The monoisotopic (exact) mass is 377 g/mol. The average molecular weight is 378 g/mol. The maximum Gasteiger partial charge on any atom is 0.302 e. The molecule has 132 valence electrons. The molecule has 2 heterocycles. The molecule has 23 heavy (non-hydrogen) atoms. The van der Waals surface area contributed by atoms with Crippen LogP contribution in [-0.4, -0.2) is 50.2 Å². The number of esters is 1. The van der Waals surface area contributed by atoms with Crippen LogP contribution >= 0.6 is 35.5 Å². The van der Waals surface area contributed by atoms with Crippen LogP contribution in [0.3, 0.4) is 0 Å². The number of carbonyl (C=O) groups excluding carboxylic acids is 2. The smallest absolute Gasteiger partial charge is 0.302 e. The Balaban J connectivity index is 2.15. The van der Waals surface area contributed by atoms with Gasteiger partial charge in [-0.2, -0.15) is 11.8 Å². The van der Waals surface area contributed by atoms with Crippen molar-refractivity contribution in [3.05, 3.63) is 0 Å². The second-order valence-corrected chi connectivity index (χ2v) is 10.2. The third-order valence-corrected chi connectivity index (χ3v) is 8.53. The molecule has 0 N–H and O–H groups in total. The number of ether oxygens (including phenoxy) is 1. The molecule has 0 aromatic carbocycles. The van der Waals surface area contributed by atoms with Gasteiger partial charge in [0.05, 0.1) is 4.58 Å². The van der Waals surface area contributed by atoms with E-state index in [-0.39, 0.29) is 28.5 Å². The minimum Gasteiger partial charge on any atom is -0.462 e. The first kappa shape index (κ1) is 19.3. The predicted octanol–water partition coefficient (Wildman–Crippen LogP) is 3.80. The van der Waals surface area contributed by atoms with Crippen molar-refractivity contribution < 1.29 is 14.3 Å². The summed E-state index contributed by atoms with van der Waals surface area (Å²) in [7, 11) is 0. The van der Waals surface area contributed by atoms with Crippen LogP contribution in [0.4, 0.5) is 0 Å². The van der Waals surface area contributed by atoms with E-state index in [2.05, 4.69) is 6.92 Å². The Hall–Kier alpha value is -0.0100. The number of thioether (sulfide) groups is 2. The maximum atomic E-state index is 11.7. The van der Waals surface area contributed by atoms with Gasteiger partial charge in [0, 0.05) is 31.1 Å². The van der Waals surface area contributed by atoms with Gasteiger partial charge in [-0.05, 0) is 43.2 Å². The summed E-state index contributed by atoms with van der Waals surface area (Å²) in [6.07, 6.45) is 4.18. The lowest BCUT2D eigenvalue weighted by Gasteiger charge is -2.41. The summed E-state index contributed by atoms with van der Waals surface area (Å²) < 4.78 is 7.74. The normalized spacial score (nSPS) is 30.1. The first-order valence-corrected chi connectivity index (χ1v) is 11.3. The molecule has 2 aliphatic heterocycles. The molecule has 0 bridgehead atoms. The van der Waals surface area contributed by atoms with Crippen molar-refractivity contribution in [3.63, 3.8) is 0 Å². The Kier molecular flexibility index (Phi) is 7.95. The molecular formula is C16H27NO3S3. The minimum absolute atomic E-state index is 0.115. The van der Waals surface area contributed by atoms with E-state index < -0.39 is 0 Å². The van der Waals surface area contributed by atoms with Crippen LogP contribution in [-0.2, 0) is 14.3 Å². The number of nitrogens with zero attached hydrogens (tertiary/aromatic N) is 1. The fourth-order valence-electron chi connectivity index (χ4n) is 3.03. The van der Waals surface area contributed by atoms with E-state index in [1.807, 2.05) is 34.8 Å². The first-order valence-electron chi connectivity index (χ1n) is 8.40. The number of rotatable bonds is 6. The zero-order valence-corrected chi connectivity index (χ0v) is 16.6. The SMILES string of the molecule is CCSC1CCCCSC(SN2CCC2=O)C1C(C)OC(C)=O. The van der Waals surface area contributed by atoms with Crippen LogP contribution in [0.1, 0.15) is 46.5 Å². The highest BCUT2D eigenvalue weighted by molar-refractivity contribution is 8.16. The lowest BCUT2D eigenvalue weighted by molar-refractivity contribution is -0.147. The van der Waals surface area contributed by atoms with Gasteiger partial charge in [0.15, 0.2) is 0 Å². The van der Waals surface area contributed by atoms with Gasteiger partial charge < -0.3 is 4.74 Å². The molecule has 2 aliphatic rings. The predicted molar refractivity (Wildman–Crippen MR) is 101 cm³/mol. The zero-order chi connectivity index (χ0) is 16.8. The summed E-state index contributed by atoms with van der Waals surface area (Å²) in [5, 5.41) is 0.482. The van der Waals surface area contributed by atoms with Gasteiger partial charge in [-0.25, -0.2) is 0 Å². The molecule has 4 atom stereocenters. The first-order chi connectivity index (χ1) is 11.0. The van der Waals surface area contributed by atoms with Crippen LogP contribution in [0.25, 0.3) is 0 Å². The molecule has 0 spiro atoms. The summed E-state index contributed by atoms with van der Waals surface area (Å²) in [4.78, 5) is 23.2. The fraction of sp³-hybridized carbons (Fsp3) is 0.875. The van der Waals surface area contributed by atoms with E-state index in [1.165, 1.54) is 26.2 Å². The van der Waals surface area contributed by atoms with E-state index in [1.54, 1.807) is 11.9 Å². The number of amides is 1. The Morgan fingerprint density at radius 2 is 2.26 bits per heavy atom. The van der Waals surface area contributed by atoms with Crippen molar-refractivity contribution in [1.82, 2.24) is 4.31 Å². The average Bonchev–Trinajstić information content (AvgIpc) is 2.46. The highest BCUT2D eigenvalue weighted by atomic mass is 32.2. The van der Waals surface area contributed by atoms with Crippen LogP contribution < -0.4 is 0 Å². The molecule has 4 nitrogen and oxygen atoms in total. The van der Waals surface area contributed by atoms with Gasteiger partial charge in [-0.3, -0.25) is 13.9 Å². The molecule has 0 aromatic heterocycles. The van der Waals surface area contributed by atoms with E-state index in [0.717, 1.165) is 18.1 Å². The summed E-state index contributed by atoms with van der Waals surface area (Å²) >= 11 is 5.58. The summed E-state index contributed by atoms with van der Waals surface area (Å²) in [5.74, 6) is 2.47. The largest absolute Gasteiger partial charge is 0.462 e. The standard InChI is InChI=1S/C16H27NO3S3/c1-4-21-13-7-5-6-10-22-16(23-17-9-8-14(17)19)15(13)11(2)20-12(3)18/h11,13,15-16H,4-10H2,1-3H3. The molecule has 7 heteroatoms. The minimum atomic E-state index is -0.214. The van der Waals surface area contributed by atoms with Gasteiger partial charge >= 0.3 is 5.97 Å². The van der Waals surface area contributed by atoms with Crippen LogP contribution in [0, 0.1) is 5.92 Å². The molecule has 0 radical (unpaired) electrons. The van der Waals surface area contributed by atoms with Gasteiger partial charge in [-0.15, -0.1) is 11.8 Å². The summed E-state index contributed by atoms with van der Waals surface area (Å²) in [6, 6.07) is 0. The van der Waals surface area contributed by atoms with Gasteiger partial charge in [0.25, 0.3) is 0 Å². The molecule has 2 fully saturated rings. The Morgan fingerprint density at radius 1 is 1.48 bits per heavy atom. The number of carbonyl (C=O) groups is 2. The highest BCUT2D eigenvalue weighted by Crippen LogP contribution is 2.45. The molecule has 1 amide bonds. The van der Waals surface area contributed by atoms with E-state index in [0.29, 0.717) is 11.7 Å². The number of hydrogen-bond acceptors (Lipinski definition) is 6. The van der Waals surface area contributed by atoms with Crippen molar-refractivity contribution in [2.45, 2.75) is 62.4 Å². The second kappa shape index (κ2) is 9.47. The number of β-lactam (4-membered cyclic amide) rings is 1. The Morgan fingerprint density at radius 3 is 2.83 bits per heavy atom. The molecule has 0 aromatic rings. The molecule has 0 aliphatic carbocycles. The molecule has 0 saturated carbocycles. The van der Waals surface area contributed by atoms with Crippen LogP contribution in [0.15, 0.2) is 0 Å². The Bertz CT molecular complexity index is 421. The van der Waals surface area contributed by atoms with Crippen LogP contribution in [0.2, 0.25) is 0 Å². The summed E-state index contributed by atoms with van der Waals surface area (Å²) in [6.45, 7) is 6.53. The quantitative estimate of drug-likeness (QED) is 0.399. The fourth-order valence-corrected chi connectivity index (χ4v) is 7.88. The van der Waals surface area contributed by atoms with Gasteiger partial charge in [0.2, 0.25) is 5.91 Å². The maximum absolute atomic E-state index is 11.7. The van der Waals surface area contributed by atoms with Crippen molar-refractivity contribution >= 4 is 47.3 Å².